The second kappa shape index (κ2) is 7.58. The van der Waals surface area contributed by atoms with Crippen LogP contribution in [0.2, 0.25) is 0 Å². The SMILES string of the molecule is [CH2]CCCCCOP(=O)(CC)CC. The van der Waals surface area contributed by atoms with Gasteiger partial charge in [-0.25, -0.2) is 0 Å². The zero-order chi connectivity index (χ0) is 10.2. The van der Waals surface area contributed by atoms with Crippen LogP contribution in [0.15, 0.2) is 0 Å². The van der Waals surface area contributed by atoms with Gasteiger partial charge in [-0.3, -0.25) is 4.57 Å². The van der Waals surface area contributed by atoms with Gasteiger partial charge in [0.1, 0.15) is 0 Å². The molecule has 13 heavy (non-hydrogen) atoms. The molecule has 0 fully saturated rings. The van der Waals surface area contributed by atoms with Gasteiger partial charge in [0, 0.05) is 12.3 Å². The van der Waals surface area contributed by atoms with Crippen molar-refractivity contribution in [2.24, 2.45) is 0 Å². The van der Waals surface area contributed by atoms with Gasteiger partial charge in [-0.1, -0.05) is 40.0 Å². The van der Waals surface area contributed by atoms with Crippen LogP contribution in [0.3, 0.4) is 0 Å². The molecule has 0 N–H and O–H groups in total. The summed E-state index contributed by atoms with van der Waals surface area (Å²) < 4.78 is 17.2. The molecule has 0 atom stereocenters. The van der Waals surface area contributed by atoms with Crippen LogP contribution in [0, 0.1) is 6.92 Å². The maximum absolute atomic E-state index is 11.7. The van der Waals surface area contributed by atoms with E-state index in [0.717, 1.165) is 25.7 Å². The molecule has 0 aromatic heterocycles. The maximum Gasteiger partial charge on any atom is 0.202 e. The van der Waals surface area contributed by atoms with E-state index in [9.17, 15) is 4.57 Å². The van der Waals surface area contributed by atoms with Crippen LogP contribution in [0.1, 0.15) is 39.5 Å². The predicted octanol–water partition coefficient (Wildman–Crippen LogP) is 3.72. The molecule has 2 nitrogen and oxygen atoms in total. The fourth-order valence-corrected chi connectivity index (χ4v) is 2.37. The Bertz CT molecular complexity index is 149. The molecule has 0 bridgehead atoms. The van der Waals surface area contributed by atoms with Gasteiger partial charge in [0.05, 0.1) is 6.61 Å². The molecular formula is C10H22O2P. The smallest absolute Gasteiger partial charge is 0.202 e. The Morgan fingerprint density at radius 2 is 1.77 bits per heavy atom. The van der Waals surface area contributed by atoms with Crippen molar-refractivity contribution in [2.45, 2.75) is 39.5 Å². The monoisotopic (exact) mass is 205 g/mol. The van der Waals surface area contributed by atoms with Crippen LogP contribution in [0.4, 0.5) is 0 Å². The molecule has 0 saturated heterocycles. The predicted molar refractivity (Wildman–Crippen MR) is 58.5 cm³/mol. The molecule has 1 radical (unpaired) electrons. The average molecular weight is 205 g/mol. The second-order valence-corrected chi connectivity index (χ2v) is 6.35. The Morgan fingerprint density at radius 1 is 1.15 bits per heavy atom. The van der Waals surface area contributed by atoms with Gasteiger partial charge in [0.15, 0.2) is 0 Å². The normalized spacial score (nSPS) is 11.9. The van der Waals surface area contributed by atoms with E-state index in [1.165, 1.54) is 0 Å². The first-order valence-corrected chi connectivity index (χ1v) is 7.20. The summed E-state index contributed by atoms with van der Waals surface area (Å²) in [6.07, 6.45) is 5.61. The molecule has 0 aliphatic rings. The van der Waals surface area contributed by atoms with Crippen molar-refractivity contribution in [3.63, 3.8) is 0 Å². The van der Waals surface area contributed by atoms with Crippen molar-refractivity contribution in [3.8, 4) is 0 Å². The third-order valence-electron chi connectivity index (χ3n) is 2.18. The van der Waals surface area contributed by atoms with E-state index in [0.29, 0.717) is 18.9 Å². The second-order valence-electron chi connectivity index (χ2n) is 3.19. The minimum Gasteiger partial charge on any atom is -0.328 e. The fraction of sp³-hybridized carbons (Fsp3) is 0.900. The zero-order valence-electron chi connectivity index (χ0n) is 8.92. The van der Waals surface area contributed by atoms with Gasteiger partial charge >= 0.3 is 0 Å². The lowest BCUT2D eigenvalue weighted by Crippen LogP contribution is -1.97. The third-order valence-corrected chi connectivity index (χ3v) is 4.76. The third kappa shape index (κ3) is 6.29. The van der Waals surface area contributed by atoms with Crippen LogP contribution < -0.4 is 0 Å². The van der Waals surface area contributed by atoms with Gasteiger partial charge in [-0.05, 0) is 6.42 Å². The largest absolute Gasteiger partial charge is 0.328 e. The maximum atomic E-state index is 11.7. The lowest BCUT2D eigenvalue weighted by Gasteiger charge is -2.14. The van der Waals surface area contributed by atoms with E-state index >= 15 is 0 Å². The summed E-state index contributed by atoms with van der Waals surface area (Å²) in [6, 6.07) is 0. The Labute approximate surface area is 82.5 Å². The van der Waals surface area contributed by atoms with Crippen molar-refractivity contribution >= 4 is 7.37 Å². The zero-order valence-corrected chi connectivity index (χ0v) is 9.81. The van der Waals surface area contributed by atoms with Crippen molar-refractivity contribution in [1.29, 1.82) is 0 Å². The van der Waals surface area contributed by atoms with Crippen LogP contribution >= 0.6 is 7.37 Å². The molecule has 0 spiro atoms. The quantitative estimate of drug-likeness (QED) is 0.446. The summed E-state index contributed by atoms with van der Waals surface area (Å²) in [4.78, 5) is 0. The number of hydrogen-bond acceptors (Lipinski definition) is 2. The van der Waals surface area contributed by atoms with Crippen LogP contribution in [-0.4, -0.2) is 18.9 Å². The summed E-state index contributed by atoms with van der Waals surface area (Å²) in [5.41, 5.74) is 0. The average Bonchev–Trinajstić information content (AvgIpc) is 2.17. The van der Waals surface area contributed by atoms with Crippen molar-refractivity contribution < 1.29 is 9.09 Å². The number of unbranched alkanes of at least 4 members (excludes halogenated alkanes) is 3. The van der Waals surface area contributed by atoms with E-state index in [4.69, 9.17) is 4.52 Å². The molecule has 0 heterocycles. The molecule has 79 valence electrons. The van der Waals surface area contributed by atoms with Crippen LogP contribution in [-0.2, 0) is 9.09 Å². The van der Waals surface area contributed by atoms with Gasteiger partial charge in [-0.2, -0.15) is 0 Å². The standard InChI is InChI=1S/C10H22O2P/c1-4-7-8-9-10-12-13(11,5-2)6-3/h1,4-10H2,2-3H3. The number of rotatable bonds is 8. The summed E-state index contributed by atoms with van der Waals surface area (Å²) in [7, 11) is -2.25. The van der Waals surface area contributed by atoms with Crippen LogP contribution in [0.5, 0.6) is 0 Å². The molecule has 0 aromatic carbocycles. The Hall–Kier alpha value is 0.190. The highest BCUT2D eigenvalue weighted by Gasteiger charge is 2.16. The van der Waals surface area contributed by atoms with Gasteiger partial charge in [0.2, 0.25) is 7.37 Å². The molecule has 0 amide bonds. The molecule has 0 aliphatic carbocycles. The molecule has 3 heteroatoms. The summed E-state index contributed by atoms with van der Waals surface area (Å²) >= 11 is 0. The minimum absolute atomic E-state index is 0.652. The van der Waals surface area contributed by atoms with Gasteiger partial charge in [-0.15, -0.1) is 0 Å². The lowest BCUT2D eigenvalue weighted by molar-refractivity contribution is 0.303. The number of hydrogen-bond donors (Lipinski definition) is 0. The Morgan fingerprint density at radius 3 is 2.23 bits per heavy atom. The van der Waals surface area contributed by atoms with Crippen LogP contribution in [0.25, 0.3) is 0 Å². The topological polar surface area (TPSA) is 26.3 Å². The first kappa shape index (κ1) is 13.2. The minimum atomic E-state index is -2.25. The van der Waals surface area contributed by atoms with E-state index < -0.39 is 7.37 Å². The summed E-state index contributed by atoms with van der Waals surface area (Å²) in [5.74, 6) is 0. The summed E-state index contributed by atoms with van der Waals surface area (Å²) in [5, 5.41) is 0. The van der Waals surface area contributed by atoms with Gasteiger partial charge in [0.25, 0.3) is 0 Å². The molecule has 0 unspecified atom stereocenters. The fourth-order valence-electron chi connectivity index (χ4n) is 1.09. The highest BCUT2D eigenvalue weighted by molar-refractivity contribution is 7.58. The lowest BCUT2D eigenvalue weighted by atomic mass is 10.2. The van der Waals surface area contributed by atoms with Crippen molar-refractivity contribution in [2.75, 3.05) is 18.9 Å². The molecule has 0 aromatic rings. The molecule has 0 aliphatic heterocycles. The molecule has 0 rings (SSSR count). The Kier molecular flexibility index (Phi) is 7.69. The van der Waals surface area contributed by atoms with E-state index in [1.54, 1.807) is 0 Å². The van der Waals surface area contributed by atoms with Crippen molar-refractivity contribution in [3.05, 3.63) is 6.92 Å². The summed E-state index contributed by atoms with van der Waals surface area (Å²) in [6.45, 7) is 8.28. The van der Waals surface area contributed by atoms with Crippen molar-refractivity contribution in [1.82, 2.24) is 0 Å². The first-order valence-electron chi connectivity index (χ1n) is 5.20. The molecule has 0 saturated carbocycles. The van der Waals surface area contributed by atoms with Gasteiger partial charge < -0.3 is 4.52 Å². The molecular weight excluding hydrogens is 183 g/mol. The first-order chi connectivity index (χ1) is 6.18. The van der Waals surface area contributed by atoms with E-state index in [-0.39, 0.29) is 0 Å². The Balaban J connectivity index is 3.45. The highest BCUT2D eigenvalue weighted by atomic mass is 31.2. The van der Waals surface area contributed by atoms with E-state index in [2.05, 4.69) is 6.92 Å². The highest BCUT2D eigenvalue weighted by Crippen LogP contribution is 2.45. The van der Waals surface area contributed by atoms with E-state index in [1.807, 2.05) is 13.8 Å².